The van der Waals surface area contributed by atoms with Gasteiger partial charge in [0.1, 0.15) is 0 Å². The van der Waals surface area contributed by atoms with Crippen LogP contribution in [0.1, 0.15) is 21.5 Å². The summed E-state index contributed by atoms with van der Waals surface area (Å²) in [5.41, 5.74) is 5.63. The van der Waals surface area contributed by atoms with Crippen LogP contribution in [0.5, 0.6) is 0 Å². The molecule has 0 radical (unpaired) electrons. The average Bonchev–Trinajstić information content (AvgIpc) is 3.15. The normalized spacial score (nSPS) is 10.8. The fourth-order valence-corrected chi connectivity index (χ4v) is 4.74. The third-order valence-electron chi connectivity index (χ3n) is 4.79. The highest BCUT2D eigenvalue weighted by Crippen LogP contribution is 2.30. The summed E-state index contributed by atoms with van der Waals surface area (Å²) in [5, 5.41) is 12.4. The van der Waals surface area contributed by atoms with Gasteiger partial charge in [-0.2, -0.15) is 0 Å². The van der Waals surface area contributed by atoms with Gasteiger partial charge >= 0.3 is 0 Å². The number of benzene rings is 3. The van der Waals surface area contributed by atoms with Crippen molar-refractivity contribution in [1.29, 1.82) is 0 Å². The second-order valence-corrected chi connectivity index (χ2v) is 8.89. The van der Waals surface area contributed by atoms with Crippen LogP contribution < -0.4 is 10.4 Å². The molecule has 2 N–H and O–H groups in total. The molecule has 3 aromatic carbocycles. The molecule has 1 aromatic heterocycles. The number of carbonyl (C=O) groups excluding carboxylic acids is 1. The molecule has 0 fully saturated rings. The molecule has 1 heterocycles. The molecule has 146 valence electrons. The summed E-state index contributed by atoms with van der Waals surface area (Å²) in [5.74, 6) is -0.510. The average molecular weight is 514 g/mol. The van der Waals surface area contributed by atoms with Crippen molar-refractivity contribution in [2.24, 2.45) is 0 Å². The molecule has 0 atom stereocenters. The standard InChI is InChI=1S/C23H19IN2O2S/c24-19-8-11-22-21(12-19)18(15-29-22)14-26(13-16-4-2-1-3-5-16)20-9-6-17(7-10-20)23(27)25-28/h1-12,15,28H,13-14H2,(H,25,27). The zero-order chi connectivity index (χ0) is 20.2. The van der Waals surface area contributed by atoms with Gasteiger partial charge in [0.15, 0.2) is 0 Å². The Labute approximate surface area is 186 Å². The van der Waals surface area contributed by atoms with E-state index in [1.54, 1.807) is 28.9 Å². The number of carbonyl (C=O) groups is 1. The van der Waals surface area contributed by atoms with Gasteiger partial charge in [-0.05, 0) is 86.9 Å². The summed E-state index contributed by atoms with van der Waals surface area (Å²) in [7, 11) is 0. The molecule has 0 saturated heterocycles. The Balaban J connectivity index is 1.68. The van der Waals surface area contributed by atoms with Crippen molar-refractivity contribution in [2.75, 3.05) is 4.90 Å². The maximum absolute atomic E-state index is 11.6. The number of anilines is 1. The molecule has 0 bridgehead atoms. The smallest absolute Gasteiger partial charge is 0.274 e. The molecule has 4 nitrogen and oxygen atoms in total. The maximum atomic E-state index is 11.6. The van der Waals surface area contributed by atoms with Crippen LogP contribution in [0.15, 0.2) is 78.2 Å². The molecule has 0 spiro atoms. The number of hydrogen-bond acceptors (Lipinski definition) is 4. The second-order valence-electron chi connectivity index (χ2n) is 6.73. The van der Waals surface area contributed by atoms with Crippen molar-refractivity contribution in [3.63, 3.8) is 0 Å². The lowest BCUT2D eigenvalue weighted by atomic mass is 10.1. The first-order chi connectivity index (χ1) is 14.1. The highest BCUT2D eigenvalue weighted by Gasteiger charge is 2.13. The fraction of sp³-hybridized carbons (Fsp3) is 0.0870. The molecule has 6 heteroatoms. The second kappa shape index (κ2) is 8.94. The molecule has 1 amide bonds. The molecule has 0 aliphatic rings. The van der Waals surface area contributed by atoms with Gasteiger partial charge in [-0.3, -0.25) is 10.0 Å². The Morgan fingerprint density at radius 1 is 1.00 bits per heavy atom. The summed E-state index contributed by atoms with van der Waals surface area (Å²) in [6.07, 6.45) is 0. The van der Waals surface area contributed by atoms with Gasteiger partial charge in [0.2, 0.25) is 0 Å². The first-order valence-corrected chi connectivity index (χ1v) is 11.1. The lowest BCUT2D eigenvalue weighted by molar-refractivity contribution is 0.0706. The Kier molecular flexibility index (Phi) is 6.13. The third-order valence-corrected chi connectivity index (χ3v) is 6.47. The van der Waals surface area contributed by atoms with Crippen LogP contribution in [0.3, 0.4) is 0 Å². The van der Waals surface area contributed by atoms with E-state index in [0.29, 0.717) is 5.56 Å². The SMILES string of the molecule is O=C(NO)c1ccc(N(Cc2ccccc2)Cc2csc3ccc(I)cc23)cc1. The van der Waals surface area contributed by atoms with Crippen LogP contribution in [-0.2, 0) is 13.1 Å². The Morgan fingerprint density at radius 3 is 2.48 bits per heavy atom. The number of hydroxylamine groups is 1. The predicted molar refractivity (Wildman–Crippen MR) is 127 cm³/mol. The van der Waals surface area contributed by atoms with E-state index < -0.39 is 5.91 Å². The summed E-state index contributed by atoms with van der Waals surface area (Å²) < 4.78 is 2.51. The van der Waals surface area contributed by atoms with E-state index >= 15 is 0 Å². The van der Waals surface area contributed by atoms with E-state index in [1.165, 1.54) is 24.8 Å². The minimum atomic E-state index is -0.510. The van der Waals surface area contributed by atoms with Gasteiger partial charge in [0.05, 0.1) is 0 Å². The molecule has 0 unspecified atom stereocenters. The fourth-order valence-electron chi connectivity index (χ4n) is 3.31. The lowest BCUT2D eigenvalue weighted by Gasteiger charge is -2.25. The number of hydrogen-bond donors (Lipinski definition) is 2. The van der Waals surface area contributed by atoms with Crippen molar-refractivity contribution in [1.82, 2.24) is 5.48 Å². The van der Waals surface area contributed by atoms with Gasteiger partial charge in [0.25, 0.3) is 5.91 Å². The van der Waals surface area contributed by atoms with Crippen LogP contribution in [-0.4, -0.2) is 11.1 Å². The first kappa shape index (κ1) is 19.9. The van der Waals surface area contributed by atoms with E-state index in [1.807, 2.05) is 30.3 Å². The van der Waals surface area contributed by atoms with Crippen LogP contribution >= 0.6 is 33.9 Å². The van der Waals surface area contributed by atoms with Gasteiger partial charge in [0, 0.05) is 32.6 Å². The monoisotopic (exact) mass is 514 g/mol. The Hall–Kier alpha value is -2.42. The summed E-state index contributed by atoms with van der Waals surface area (Å²) in [6, 6.07) is 24.2. The molecule has 0 aliphatic heterocycles. The zero-order valence-corrected chi connectivity index (χ0v) is 18.5. The molecular formula is C23H19IN2O2S. The van der Waals surface area contributed by atoms with E-state index in [0.717, 1.165) is 18.8 Å². The molecule has 0 aliphatic carbocycles. The number of thiophene rings is 1. The molecule has 29 heavy (non-hydrogen) atoms. The Bertz CT molecular complexity index is 1130. The van der Waals surface area contributed by atoms with E-state index in [9.17, 15) is 4.79 Å². The van der Waals surface area contributed by atoms with Gasteiger partial charge in [-0.1, -0.05) is 30.3 Å². The molecule has 0 saturated carbocycles. The molecule has 4 rings (SSSR count). The van der Waals surface area contributed by atoms with E-state index in [-0.39, 0.29) is 0 Å². The third kappa shape index (κ3) is 4.60. The number of fused-ring (bicyclic) bond motifs is 1. The quantitative estimate of drug-likeness (QED) is 0.193. The number of halogens is 1. The van der Waals surface area contributed by atoms with Crippen molar-refractivity contribution in [3.05, 3.63) is 98.4 Å². The van der Waals surface area contributed by atoms with Crippen molar-refractivity contribution in [3.8, 4) is 0 Å². The lowest BCUT2D eigenvalue weighted by Crippen LogP contribution is -2.22. The van der Waals surface area contributed by atoms with Crippen molar-refractivity contribution < 1.29 is 10.0 Å². The highest BCUT2D eigenvalue weighted by atomic mass is 127. The van der Waals surface area contributed by atoms with Gasteiger partial charge in [-0.25, -0.2) is 5.48 Å². The van der Waals surface area contributed by atoms with E-state index in [4.69, 9.17) is 5.21 Å². The van der Waals surface area contributed by atoms with Crippen LogP contribution in [0.4, 0.5) is 5.69 Å². The number of amides is 1. The molecular weight excluding hydrogens is 495 g/mol. The number of rotatable bonds is 6. The van der Waals surface area contributed by atoms with Crippen molar-refractivity contribution >= 4 is 55.6 Å². The minimum Gasteiger partial charge on any atom is -0.363 e. The van der Waals surface area contributed by atoms with Crippen LogP contribution in [0, 0.1) is 3.57 Å². The number of nitrogens with one attached hydrogen (secondary N) is 1. The van der Waals surface area contributed by atoms with Crippen molar-refractivity contribution in [2.45, 2.75) is 13.1 Å². The number of nitrogens with zero attached hydrogens (tertiary/aromatic N) is 1. The molecule has 4 aromatic rings. The summed E-state index contributed by atoms with van der Waals surface area (Å²) in [4.78, 5) is 13.9. The minimum absolute atomic E-state index is 0.423. The summed E-state index contributed by atoms with van der Waals surface area (Å²) in [6.45, 7) is 1.52. The Morgan fingerprint density at radius 2 is 1.76 bits per heavy atom. The van der Waals surface area contributed by atoms with E-state index in [2.05, 4.69) is 63.2 Å². The van der Waals surface area contributed by atoms with Crippen LogP contribution in [0.25, 0.3) is 10.1 Å². The zero-order valence-electron chi connectivity index (χ0n) is 15.5. The predicted octanol–water partition coefficient (Wildman–Crippen LogP) is 5.83. The largest absolute Gasteiger partial charge is 0.363 e. The maximum Gasteiger partial charge on any atom is 0.274 e. The topological polar surface area (TPSA) is 52.6 Å². The summed E-state index contributed by atoms with van der Waals surface area (Å²) >= 11 is 4.12. The van der Waals surface area contributed by atoms with Crippen LogP contribution in [0.2, 0.25) is 0 Å². The van der Waals surface area contributed by atoms with Gasteiger partial charge in [-0.15, -0.1) is 11.3 Å². The first-order valence-electron chi connectivity index (χ1n) is 9.13. The highest BCUT2D eigenvalue weighted by molar-refractivity contribution is 14.1. The van der Waals surface area contributed by atoms with Gasteiger partial charge < -0.3 is 4.90 Å².